The van der Waals surface area contributed by atoms with E-state index in [2.05, 4.69) is 228 Å². The third-order valence-corrected chi connectivity index (χ3v) is 15.3. The van der Waals surface area contributed by atoms with Crippen molar-refractivity contribution in [3.63, 3.8) is 0 Å². The highest BCUT2D eigenvalue weighted by Gasteiger charge is 2.58. The van der Waals surface area contributed by atoms with Gasteiger partial charge in [0.2, 0.25) is 0 Å². The van der Waals surface area contributed by atoms with Crippen LogP contribution >= 0.6 is 0 Å². The summed E-state index contributed by atoms with van der Waals surface area (Å²) in [7, 11) is 0. The third kappa shape index (κ3) is 5.71. The summed E-state index contributed by atoms with van der Waals surface area (Å²) < 4.78 is 0. The Bertz CT molecular complexity index is 2870. The fourth-order valence-corrected chi connectivity index (χ4v) is 11.7. The van der Waals surface area contributed by atoms with Gasteiger partial charge in [-0.15, -0.1) is 0 Å². The molecule has 1 aliphatic carbocycles. The van der Waals surface area contributed by atoms with Crippen LogP contribution in [0.1, 0.15) is 97.8 Å². The van der Waals surface area contributed by atoms with Crippen LogP contribution in [0.2, 0.25) is 0 Å². The Morgan fingerprint density at radius 1 is 0.452 bits per heavy atom. The number of anilines is 8. The van der Waals surface area contributed by atoms with Crippen molar-refractivity contribution in [2.24, 2.45) is 0 Å². The number of para-hydroxylation sites is 2. The van der Waals surface area contributed by atoms with Crippen LogP contribution in [0.15, 0.2) is 158 Å². The highest BCUT2D eigenvalue weighted by molar-refractivity contribution is 7.00. The molecular formula is C58H58BN3. The molecule has 0 spiro atoms. The van der Waals surface area contributed by atoms with Gasteiger partial charge >= 0.3 is 0 Å². The first-order valence-corrected chi connectivity index (χ1v) is 22.9. The molecule has 0 radical (unpaired) electrons. The van der Waals surface area contributed by atoms with E-state index in [-0.39, 0.29) is 28.5 Å². The van der Waals surface area contributed by atoms with Gasteiger partial charge < -0.3 is 14.7 Å². The van der Waals surface area contributed by atoms with Crippen molar-refractivity contribution in [2.45, 2.75) is 103 Å². The molecule has 3 aliphatic heterocycles. The highest BCUT2D eigenvalue weighted by Crippen LogP contribution is 2.62. The van der Waals surface area contributed by atoms with Crippen LogP contribution in [0.25, 0.3) is 11.1 Å². The molecule has 62 heavy (non-hydrogen) atoms. The van der Waals surface area contributed by atoms with Gasteiger partial charge in [0.1, 0.15) is 0 Å². The first kappa shape index (κ1) is 38.9. The number of nitrogens with zero attached hydrogens (tertiary/aromatic N) is 3. The minimum absolute atomic E-state index is 0.00292. The quantitative estimate of drug-likeness (QED) is 0.164. The summed E-state index contributed by atoms with van der Waals surface area (Å²) in [4.78, 5) is 7.94. The summed E-state index contributed by atoms with van der Waals surface area (Å²) in [5, 5.41) is 0. The first-order valence-electron chi connectivity index (χ1n) is 22.9. The van der Waals surface area contributed by atoms with E-state index in [9.17, 15) is 0 Å². The van der Waals surface area contributed by atoms with Crippen molar-refractivity contribution in [1.29, 1.82) is 0 Å². The van der Waals surface area contributed by atoms with E-state index >= 15 is 0 Å². The predicted octanol–water partition coefficient (Wildman–Crippen LogP) is 13.8. The van der Waals surface area contributed by atoms with E-state index < -0.39 is 0 Å². The third-order valence-electron chi connectivity index (χ3n) is 15.3. The number of benzene rings is 7. The Balaban J connectivity index is 1.23. The number of fused-ring (bicyclic) bond motifs is 7. The maximum Gasteiger partial charge on any atom is 0.252 e. The van der Waals surface area contributed by atoms with Crippen LogP contribution < -0.4 is 31.1 Å². The van der Waals surface area contributed by atoms with Crippen LogP contribution in [0, 0.1) is 0 Å². The van der Waals surface area contributed by atoms with Gasteiger partial charge in [-0.25, -0.2) is 0 Å². The standard InChI is InChI=1S/C58H58BN3/c1-55(2,3)41-26-29-44(30-27-41)61-51-32-28-42(56(4,5)6)36-48(51)59-47-23-15-16-24-50(47)60(43-21-13-10-14-22-43)52-37-45(38-53(61)54(52)59)62-49-31-25-40(39-19-11-9-12-20-39)35-46(49)57(7)33-17-18-34-58(57,62)8/h9-16,19-32,35-38H,17-18,33-34H2,1-8H3. The smallest absolute Gasteiger partial charge is 0.252 e. The van der Waals surface area contributed by atoms with Gasteiger partial charge in [-0.2, -0.15) is 0 Å². The van der Waals surface area contributed by atoms with Crippen molar-refractivity contribution < 1.29 is 0 Å². The molecule has 0 N–H and O–H groups in total. The molecule has 0 aromatic heterocycles. The fraction of sp³-hybridized carbons (Fsp3) is 0.276. The lowest BCUT2D eigenvalue weighted by molar-refractivity contribution is 0.195. The topological polar surface area (TPSA) is 9.72 Å². The lowest BCUT2D eigenvalue weighted by Crippen LogP contribution is -2.61. The number of hydrogen-bond donors (Lipinski definition) is 0. The SMILES string of the molecule is CC(C)(C)c1ccc(N2c3ccc(C(C)(C)C)cc3B3c4ccccc4N(c4ccccc4)c4cc(N5c6ccc(-c7ccccc7)cc6C6(C)CCCCC56C)cc2c43)cc1. The molecule has 0 amide bonds. The zero-order valence-electron chi connectivity index (χ0n) is 37.8. The summed E-state index contributed by atoms with van der Waals surface area (Å²) in [6.45, 7) is 19.1. The molecule has 4 aliphatic rings. The maximum absolute atomic E-state index is 2.78. The molecule has 2 atom stereocenters. The van der Waals surface area contributed by atoms with Gasteiger partial charge in [-0.05, 0) is 135 Å². The predicted molar refractivity (Wildman–Crippen MR) is 266 cm³/mol. The van der Waals surface area contributed by atoms with E-state index in [1.54, 1.807) is 0 Å². The molecule has 308 valence electrons. The van der Waals surface area contributed by atoms with Gasteiger partial charge in [0.25, 0.3) is 6.71 Å². The minimum atomic E-state index is -0.124. The normalized spacial score (nSPS) is 20.0. The molecule has 1 fully saturated rings. The number of hydrogen-bond acceptors (Lipinski definition) is 3. The van der Waals surface area contributed by atoms with Crippen LogP contribution in [0.5, 0.6) is 0 Å². The molecular weight excluding hydrogens is 749 g/mol. The zero-order chi connectivity index (χ0) is 42.8. The van der Waals surface area contributed by atoms with Crippen LogP contribution in [0.4, 0.5) is 45.5 Å². The molecule has 4 heteroatoms. The summed E-state index contributed by atoms with van der Waals surface area (Å²) in [5.74, 6) is 0. The number of rotatable bonds is 4. The van der Waals surface area contributed by atoms with Gasteiger partial charge in [0.05, 0.1) is 5.54 Å². The second-order valence-corrected chi connectivity index (χ2v) is 21.0. The lowest BCUT2D eigenvalue weighted by atomic mass is 9.33. The Hall–Kier alpha value is -6.00. The van der Waals surface area contributed by atoms with E-state index in [1.807, 2.05) is 0 Å². The van der Waals surface area contributed by atoms with Gasteiger partial charge in [0, 0.05) is 50.9 Å². The Labute approximate surface area is 370 Å². The zero-order valence-corrected chi connectivity index (χ0v) is 37.8. The van der Waals surface area contributed by atoms with Gasteiger partial charge in [0.15, 0.2) is 0 Å². The molecule has 2 unspecified atom stereocenters. The van der Waals surface area contributed by atoms with Crippen LogP contribution in [-0.2, 0) is 16.2 Å². The lowest BCUT2D eigenvalue weighted by Gasteiger charge is -2.51. The summed E-state index contributed by atoms with van der Waals surface area (Å²) in [5.41, 5.74) is 20.7. The molecule has 3 nitrogen and oxygen atoms in total. The second kappa shape index (κ2) is 13.8. The molecule has 7 aromatic rings. The van der Waals surface area contributed by atoms with Crippen molar-refractivity contribution in [3.8, 4) is 11.1 Å². The van der Waals surface area contributed by atoms with Gasteiger partial charge in [-0.1, -0.05) is 158 Å². The van der Waals surface area contributed by atoms with E-state index in [1.165, 1.54) is 109 Å². The Kier molecular flexibility index (Phi) is 8.63. The molecule has 0 bridgehead atoms. The van der Waals surface area contributed by atoms with Crippen molar-refractivity contribution in [2.75, 3.05) is 14.7 Å². The first-order chi connectivity index (χ1) is 29.8. The van der Waals surface area contributed by atoms with E-state index in [0.717, 1.165) is 6.42 Å². The highest BCUT2D eigenvalue weighted by atomic mass is 15.3. The second-order valence-electron chi connectivity index (χ2n) is 21.0. The van der Waals surface area contributed by atoms with Crippen molar-refractivity contribution >= 4 is 68.6 Å². The Morgan fingerprint density at radius 2 is 1.02 bits per heavy atom. The van der Waals surface area contributed by atoms with E-state index in [4.69, 9.17) is 0 Å². The van der Waals surface area contributed by atoms with E-state index in [0.29, 0.717) is 0 Å². The minimum Gasteiger partial charge on any atom is -0.334 e. The summed E-state index contributed by atoms with van der Waals surface area (Å²) in [6.07, 6.45) is 4.78. The average Bonchev–Trinajstić information content (AvgIpc) is 3.48. The monoisotopic (exact) mass is 807 g/mol. The molecule has 3 heterocycles. The summed E-state index contributed by atoms with van der Waals surface area (Å²) >= 11 is 0. The molecule has 11 rings (SSSR count). The van der Waals surface area contributed by atoms with Crippen LogP contribution in [-0.4, -0.2) is 12.3 Å². The summed E-state index contributed by atoms with van der Waals surface area (Å²) in [6, 6.07) is 60.4. The average molecular weight is 808 g/mol. The Morgan fingerprint density at radius 3 is 1.69 bits per heavy atom. The molecule has 0 saturated heterocycles. The molecule has 7 aromatic carbocycles. The molecule has 1 saturated carbocycles. The van der Waals surface area contributed by atoms with Crippen molar-refractivity contribution in [1.82, 2.24) is 0 Å². The maximum atomic E-state index is 2.78. The van der Waals surface area contributed by atoms with Crippen LogP contribution in [0.3, 0.4) is 0 Å². The van der Waals surface area contributed by atoms with Gasteiger partial charge in [-0.3, -0.25) is 0 Å². The van der Waals surface area contributed by atoms with Crippen molar-refractivity contribution in [3.05, 3.63) is 174 Å². The largest absolute Gasteiger partial charge is 0.334 e. The fourth-order valence-electron chi connectivity index (χ4n) is 11.7.